The van der Waals surface area contributed by atoms with Gasteiger partial charge in [-0.2, -0.15) is 10.1 Å². The first-order valence-electron chi connectivity index (χ1n) is 11.4. The van der Waals surface area contributed by atoms with Gasteiger partial charge in [0.1, 0.15) is 30.0 Å². The molecule has 0 unspecified atom stereocenters. The number of anilines is 4. The van der Waals surface area contributed by atoms with E-state index in [1.54, 1.807) is 74.2 Å². The molecule has 0 saturated heterocycles. The van der Waals surface area contributed by atoms with E-state index in [4.69, 9.17) is 4.74 Å². The average molecular weight is 597 g/mol. The minimum absolute atomic E-state index is 0.232. The van der Waals surface area contributed by atoms with E-state index in [9.17, 15) is 8.96 Å². The van der Waals surface area contributed by atoms with E-state index in [0.29, 0.717) is 49.1 Å². The molecule has 38 heavy (non-hydrogen) atoms. The van der Waals surface area contributed by atoms with Crippen LogP contribution in [0.5, 0.6) is 5.75 Å². The summed E-state index contributed by atoms with van der Waals surface area (Å²) >= 11 is 3.48. The topological polar surface area (TPSA) is 120 Å². The molecule has 0 atom stereocenters. The van der Waals surface area contributed by atoms with E-state index in [1.807, 2.05) is 0 Å². The number of ether oxygens (including phenoxy) is 1. The molecule has 2 aromatic carbocycles. The number of hydrogen-bond acceptors (Lipinski definition) is 9. The third-order valence-corrected chi connectivity index (χ3v) is 7.81. The number of nitrogens with one attached hydrogen (secondary N) is 2. The SMILES string of the molecule is COc1cc(F)c(-c2cnn(C)c2)cc1Nc1ncc(Br)c(Nc2ccc3nccnc3c2P(C)(C)=O)n1. The molecule has 3 heterocycles. The molecule has 0 spiro atoms. The maximum Gasteiger partial charge on any atom is 0.229 e. The molecule has 2 N–H and O–H groups in total. The van der Waals surface area contributed by atoms with E-state index >= 15 is 0 Å². The molecule has 5 aromatic rings. The van der Waals surface area contributed by atoms with Crippen LogP contribution >= 0.6 is 23.1 Å². The van der Waals surface area contributed by atoms with Gasteiger partial charge in [0.05, 0.1) is 40.0 Å². The zero-order valence-electron chi connectivity index (χ0n) is 20.9. The molecular weight excluding hydrogens is 574 g/mol. The molecule has 194 valence electrons. The van der Waals surface area contributed by atoms with Gasteiger partial charge in [0, 0.05) is 49.0 Å². The van der Waals surface area contributed by atoms with Crippen LogP contribution in [0.1, 0.15) is 0 Å². The lowest BCUT2D eigenvalue weighted by molar-refractivity contribution is 0.413. The summed E-state index contributed by atoms with van der Waals surface area (Å²) in [5.41, 5.74) is 3.23. The lowest BCUT2D eigenvalue weighted by atomic mass is 10.1. The standard InChI is InChI=1S/C25H23BrFN8O2P/c1-35-13-14(11-31-35)15-9-20(21(37-2)10-17(15)27)33-25-30-12-16(26)24(34-25)32-19-6-5-18-22(29-8-7-28-18)23(19)38(3,4)36/h5-13H,1-4H3,(H2,30,32,33,34). The number of benzene rings is 2. The van der Waals surface area contributed by atoms with Crippen molar-refractivity contribution in [3.05, 3.63) is 65.5 Å². The Morgan fingerprint density at radius 3 is 2.55 bits per heavy atom. The van der Waals surface area contributed by atoms with Crippen molar-refractivity contribution in [1.29, 1.82) is 0 Å². The molecule has 0 amide bonds. The Morgan fingerprint density at radius 1 is 1.05 bits per heavy atom. The molecule has 13 heteroatoms. The second kappa shape index (κ2) is 10.1. The molecule has 0 aliphatic carbocycles. The summed E-state index contributed by atoms with van der Waals surface area (Å²) in [6.07, 6.45) is 8.05. The fraction of sp³-hybridized carbons (Fsp3) is 0.160. The van der Waals surface area contributed by atoms with Gasteiger partial charge < -0.3 is 19.9 Å². The number of halogens is 2. The molecule has 0 aliphatic rings. The third-order valence-electron chi connectivity index (χ3n) is 5.70. The van der Waals surface area contributed by atoms with Crippen LogP contribution in [0.3, 0.4) is 0 Å². The highest BCUT2D eigenvalue weighted by atomic mass is 79.9. The molecule has 0 radical (unpaired) electrons. The molecule has 10 nitrogen and oxygen atoms in total. The minimum atomic E-state index is -2.77. The Bertz CT molecular complexity index is 1720. The second-order valence-corrected chi connectivity index (χ2v) is 12.8. The predicted octanol–water partition coefficient (Wildman–Crippen LogP) is 5.47. The number of nitrogens with zero attached hydrogens (tertiary/aromatic N) is 6. The molecule has 3 aromatic heterocycles. The van der Waals surface area contributed by atoms with Crippen molar-refractivity contribution in [2.45, 2.75) is 0 Å². The van der Waals surface area contributed by atoms with Crippen LogP contribution < -0.4 is 20.7 Å². The van der Waals surface area contributed by atoms with Crippen molar-refractivity contribution in [3.63, 3.8) is 0 Å². The fourth-order valence-corrected chi connectivity index (χ4v) is 5.72. The highest BCUT2D eigenvalue weighted by Crippen LogP contribution is 2.41. The van der Waals surface area contributed by atoms with Crippen molar-refractivity contribution >= 4 is 62.6 Å². The van der Waals surface area contributed by atoms with E-state index in [-0.39, 0.29) is 11.7 Å². The zero-order chi connectivity index (χ0) is 27.0. The van der Waals surface area contributed by atoms with Gasteiger partial charge in [0.15, 0.2) is 0 Å². The van der Waals surface area contributed by atoms with Crippen molar-refractivity contribution in [1.82, 2.24) is 29.7 Å². The van der Waals surface area contributed by atoms with Gasteiger partial charge >= 0.3 is 0 Å². The number of rotatable bonds is 7. The summed E-state index contributed by atoms with van der Waals surface area (Å²) in [7, 11) is 0.450. The normalized spacial score (nSPS) is 11.5. The van der Waals surface area contributed by atoms with Crippen LogP contribution in [-0.4, -0.2) is 50.2 Å². The minimum Gasteiger partial charge on any atom is -0.494 e. The van der Waals surface area contributed by atoms with Gasteiger partial charge in [-0.25, -0.2) is 9.37 Å². The quantitative estimate of drug-likeness (QED) is 0.236. The Hall–Kier alpha value is -3.89. The van der Waals surface area contributed by atoms with Crippen LogP contribution in [0.15, 0.2) is 59.7 Å². The Morgan fingerprint density at radius 2 is 1.84 bits per heavy atom. The maximum atomic E-state index is 14.8. The Balaban J connectivity index is 1.53. The maximum absolute atomic E-state index is 14.8. The Kier molecular flexibility index (Phi) is 6.85. The van der Waals surface area contributed by atoms with Gasteiger partial charge in [-0.1, -0.05) is 0 Å². The van der Waals surface area contributed by atoms with Crippen molar-refractivity contribution in [3.8, 4) is 16.9 Å². The molecule has 0 saturated carbocycles. The number of hydrogen-bond donors (Lipinski definition) is 2. The number of fused-ring (bicyclic) bond motifs is 1. The first-order valence-corrected chi connectivity index (χ1v) is 14.8. The first-order chi connectivity index (χ1) is 18.1. The van der Waals surface area contributed by atoms with E-state index in [2.05, 4.69) is 51.6 Å². The molecule has 0 aliphatic heterocycles. The van der Waals surface area contributed by atoms with Gasteiger partial charge in [0.25, 0.3) is 0 Å². The smallest absolute Gasteiger partial charge is 0.229 e. The van der Waals surface area contributed by atoms with Crippen molar-refractivity contribution in [2.24, 2.45) is 7.05 Å². The van der Waals surface area contributed by atoms with Gasteiger partial charge in [-0.05, 0) is 47.5 Å². The summed E-state index contributed by atoms with van der Waals surface area (Å²) in [5.74, 6) is 0.490. The number of aryl methyl sites for hydroxylation is 1. The summed E-state index contributed by atoms with van der Waals surface area (Å²) < 4.78 is 35.7. The van der Waals surface area contributed by atoms with Crippen LogP contribution in [0.4, 0.5) is 27.5 Å². The van der Waals surface area contributed by atoms with Crippen molar-refractivity contribution < 1.29 is 13.7 Å². The summed E-state index contributed by atoms with van der Waals surface area (Å²) in [6, 6.07) is 6.53. The Labute approximate surface area is 226 Å². The van der Waals surface area contributed by atoms with Crippen LogP contribution in [0, 0.1) is 5.82 Å². The van der Waals surface area contributed by atoms with Crippen molar-refractivity contribution in [2.75, 3.05) is 31.1 Å². The van der Waals surface area contributed by atoms with E-state index < -0.39 is 13.0 Å². The zero-order valence-corrected chi connectivity index (χ0v) is 23.4. The first kappa shape index (κ1) is 25.7. The van der Waals surface area contributed by atoms with E-state index in [1.165, 1.54) is 13.2 Å². The monoisotopic (exact) mass is 596 g/mol. The number of aromatic nitrogens is 6. The van der Waals surface area contributed by atoms with Gasteiger partial charge in [-0.3, -0.25) is 14.6 Å². The largest absolute Gasteiger partial charge is 0.494 e. The number of methoxy groups -OCH3 is 1. The van der Waals surface area contributed by atoms with Crippen LogP contribution in [0.2, 0.25) is 0 Å². The molecule has 0 bridgehead atoms. The summed E-state index contributed by atoms with van der Waals surface area (Å²) in [4.78, 5) is 17.7. The van der Waals surface area contributed by atoms with Gasteiger partial charge in [0.2, 0.25) is 5.95 Å². The fourth-order valence-electron chi connectivity index (χ4n) is 4.03. The molecular formula is C25H23BrFN8O2P. The third kappa shape index (κ3) is 5.09. The highest BCUT2D eigenvalue weighted by molar-refractivity contribution is 9.10. The summed E-state index contributed by atoms with van der Waals surface area (Å²) in [6.45, 7) is 3.37. The predicted molar refractivity (Wildman–Crippen MR) is 150 cm³/mol. The van der Waals surface area contributed by atoms with Crippen LogP contribution in [0.25, 0.3) is 22.2 Å². The summed E-state index contributed by atoms with van der Waals surface area (Å²) in [5, 5.41) is 11.1. The molecule has 0 fully saturated rings. The van der Waals surface area contributed by atoms with E-state index in [0.717, 1.165) is 0 Å². The highest BCUT2D eigenvalue weighted by Gasteiger charge is 2.22. The molecule has 5 rings (SSSR count). The van der Waals surface area contributed by atoms with Crippen LogP contribution in [-0.2, 0) is 11.6 Å². The second-order valence-electron chi connectivity index (χ2n) is 8.81. The lowest BCUT2D eigenvalue weighted by Gasteiger charge is -2.18. The average Bonchev–Trinajstić information content (AvgIpc) is 3.31. The lowest BCUT2D eigenvalue weighted by Crippen LogP contribution is -2.14. The van der Waals surface area contributed by atoms with Gasteiger partial charge in [-0.15, -0.1) is 0 Å².